The second-order valence-electron chi connectivity index (χ2n) is 16.5. The Labute approximate surface area is 334 Å². The molecule has 3 aromatic heterocycles. The average Bonchev–Trinajstić information content (AvgIpc) is 3.66. The van der Waals surface area contributed by atoms with Gasteiger partial charge in [-0.05, 0) is 67.4 Å². The number of nitrogens with zero attached hydrogens (tertiary/aromatic N) is 1. The van der Waals surface area contributed by atoms with Gasteiger partial charge in [-0.15, -0.1) is 40.5 Å². The summed E-state index contributed by atoms with van der Waals surface area (Å²) in [6.45, 7) is 25.7. The van der Waals surface area contributed by atoms with Gasteiger partial charge in [0.1, 0.15) is 11.3 Å². The van der Waals surface area contributed by atoms with Crippen molar-refractivity contribution in [2.45, 2.75) is 121 Å². The van der Waals surface area contributed by atoms with Crippen LogP contribution >= 0.6 is 11.3 Å². The van der Waals surface area contributed by atoms with E-state index in [9.17, 15) is 9.90 Å². The molecule has 0 fully saturated rings. The number of hydrogen-bond acceptors (Lipinski definition) is 5. The van der Waals surface area contributed by atoms with Crippen LogP contribution in [0, 0.1) is 29.7 Å². The van der Waals surface area contributed by atoms with Crippen molar-refractivity contribution in [3.05, 3.63) is 88.6 Å². The van der Waals surface area contributed by atoms with Crippen molar-refractivity contribution in [1.82, 2.24) is 4.98 Å². The number of pyridine rings is 1. The number of hydrogen-bond donors (Lipinski definition) is 1. The zero-order valence-corrected chi connectivity index (χ0v) is 37.1. The molecule has 0 aliphatic rings. The Morgan fingerprint density at radius 3 is 2.13 bits per heavy atom. The fraction of sp³-hybridized carbons (Fsp3) is 0.447. The summed E-state index contributed by atoms with van der Waals surface area (Å²) in [7, 11) is 0. The Kier molecular flexibility index (Phi) is 13.3. The Balaban J connectivity index is 0.000000299. The van der Waals surface area contributed by atoms with Crippen molar-refractivity contribution in [2.75, 3.05) is 0 Å². The maximum Gasteiger partial charge on any atom is 0.164 e. The summed E-state index contributed by atoms with van der Waals surface area (Å²) in [4.78, 5) is 18.5. The number of carbonyl (C=O) groups is 1. The first kappa shape index (κ1) is 42.4. The van der Waals surface area contributed by atoms with Crippen LogP contribution in [0.15, 0.2) is 71.0 Å². The third kappa shape index (κ3) is 8.36. The molecule has 285 valence electrons. The van der Waals surface area contributed by atoms with Crippen LogP contribution in [0.4, 0.5) is 0 Å². The van der Waals surface area contributed by atoms with Gasteiger partial charge in [0.15, 0.2) is 11.4 Å². The van der Waals surface area contributed by atoms with Crippen LogP contribution in [0.25, 0.3) is 54.1 Å². The zero-order chi connectivity index (χ0) is 38.2. The van der Waals surface area contributed by atoms with E-state index in [1.807, 2.05) is 65.1 Å². The van der Waals surface area contributed by atoms with E-state index >= 15 is 0 Å². The Hall–Kier alpha value is -3.31. The minimum atomic E-state index is -0.337. The molecular weight excluding hydrogens is 851 g/mol. The number of rotatable bonds is 10. The molecule has 0 spiro atoms. The summed E-state index contributed by atoms with van der Waals surface area (Å²) < 4.78 is 7.79. The van der Waals surface area contributed by atoms with Gasteiger partial charge in [-0.3, -0.25) is 9.78 Å². The fourth-order valence-electron chi connectivity index (χ4n) is 7.03. The van der Waals surface area contributed by atoms with Crippen molar-refractivity contribution >= 4 is 59.9 Å². The van der Waals surface area contributed by atoms with Gasteiger partial charge in [0, 0.05) is 64.6 Å². The van der Waals surface area contributed by atoms with Gasteiger partial charge in [0.25, 0.3) is 0 Å². The number of furan rings is 1. The number of aliphatic hydroxyl groups is 1. The normalized spacial score (nSPS) is 12.8. The van der Waals surface area contributed by atoms with Crippen molar-refractivity contribution in [2.24, 2.45) is 16.7 Å². The minimum absolute atomic E-state index is 0. The van der Waals surface area contributed by atoms with Gasteiger partial charge in [0.2, 0.25) is 0 Å². The SMILES string of the molecule is CCC(C)(CC)C(=O)/C=C(\O)C(C)(CC)CC.Cc1sc2c(ccc3c2oc2ccnc(-c4[c-]c5ccccc5c(C(C)(C)C)c4)c23)c1CC(C)C.[Ir]. The molecule has 4 nitrogen and oxygen atoms in total. The molecule has 6 heteroatoms. The fourth-order valence-corrected chi connectivity index (χ4v) is 8.20. The number of benzene rings is 3. The number of ketones is 1. The molecule has 0 atom stereocenters. The summed E-state index contributed by atoms with van der Waals surface area (Å²) in [5.41, 5.74) is 5.98. The van der Waals surface area contributed by atoms with E-state index in [4.69, 9.17) is 9.40 Å². The Bertz CT molecular complexity index is 2260. The summed E-state index contributed by atoms with van der Waals surface area (Å²) in [5, 5.41) is 16.0. The second-order valence-corrected chi connectivity index (χ2v) is 17.7. The first-order valence-electron chi connectivity index (χ1n) is 19.1. The van der Waals surface area contributed by atoms with Gasteiger partial charge in [-0.25, -0.2) is 0 Å². The molecule has 0 amide bonds. The molecule has 3 aromatic carbocycles. The Morgan fingerprint density at radius 2 is 1.53 bits per heavy atom. The molecule has 0 saturated heterocycles. The van der Waals surface area contributed by atoms with Crippen LogP contribution in [-0.4, -0.2) is 15.9 Å². The van der Waals surface area contributed by atoms with E-state index < -0.39 is 0 Å². The predicted octanol–water partition coefficient (Wildman–Crippen LogP) is 14.3. The molecule has 0 saturated carbocycles. The van der Waals surface area contributed by atoms with E-state index in [-0.39, 0.29) is 47.9 Å². The van der Waals surface area contributed by atoms with E-state index in [2.05, 4.69) is 90.1 Å². The topological polar surface area (TPSA) is 63.3 Å². The van der Waals surface area contributed by atoms with E-state index in [1.165, 1.54) is 37.6 Å². The van der Waals surface area contributed by atoms with Crippen molar-refractivity contribution in [1.29, 1.82) is 0 Å². The van der Waals surface area contributed by atoms with Crippen molar-refractivity contribution in [3.63, 3.8) is 0 Å². The standard InChI is InChI=1S/C32H30NOS.C15H28O2.Ir/c1-18(2)15-25-19(3)35-31-23(25)11-12-24-28-27(34-30(24)31)13-14-33-29(28)21-16-20-9-7-8-10-22(20)26(17-21)32(4,5)6;1-7-14(5,8-2)12(16)11-13(17)15(6,9-3)10-4;/h7-14,17-18H,15H2,1-6H3;11,16H,7-10H2,1-6H3;/q-1;;/b;12-11-;. The van der Waals surface area contributed by atoms with Gasteiger partial charge in [0.05, 0.1) is 4.70 Å². The predicted molar refractivity (Wildman–Crippen MR) is 224 cm³/mol. The third-order valence-electron chi connectivity index (χ3n) is 11.6. The third-order valence-corrected chi connectivity index (χ3v) is 12.7. The number of fused-ring (bicyclic) bond motifs is 6. The molecule has 6 aromatic rings. The zero-order valence-electron chi connectivity index (χ0n) is 33.8. The first-order valence-corrected chi connectivity index (χ1v) is 20.0. The summed E-state index contributed by atoms with van der Waals surface area (Å²) >= 11 is 1.85. The molecule has 0 bridgehead atoms. The van der Waals surface area contributed by atoms with Crippen LogP contribution in [0.3, 0.4) is 0 Å². The number of aryl methyl sites for hydroxylation is 1. The molecule has 0 aliphatic heterocycles. The largest absolute Gasteiger partial charge is 0.512 e. The number of allylic oxidation sites excluding steroid dienone is 2. The molecule has 3 heterocycles. The number of aromatic nitrogens is 1. The van der Waals surface area contributed by atoms with E-state index in [0.29, 0.717) is 5.92 Å². The first-order chi connectivity index (χ1) is 24.5. The molecule has 53 heavy (non-hydrogen) atoms. The number of aliphatic hydroxyl groups excluding tert-OH is 1. The molecule has 1 radical (unpaired) electrons. The van der Waals surface area contributed by atoms with Crippen LogP contribution < -0.4 is 0 Å². The quantitative estimate of drug-likeness (QED) is 0.0845. The van der Waals surface area contributed by atoms with Crippen LogP contribution in [-0.2, 0) is 36.7 Å². The monoisotopic (exact) mass is 909 g/mol. The summed E-state index contributed by atoms with van der Waals surface area (Å²) in [6.07, 6.45) is 7.71. The van der Waals surface area contributed by atoms with Gasteiger partial charge in [-0.1, -0.05) is 117 Å². The second kappa shape index (κ2) is 16.6. The van der Waals surface area contributed by atoms with Crippen LogP contribution in [0.2, 0.25) is 0 Å². The van der Waals surface area contributed by atoms with Gasteiger partial charge < -0.3 is 9.52 Å². The average molecular weight is 909 g/mol. The number of carbonyl (C=O) groups excluding carboxylic acids is 1. The molecule has 6 rings (SSSR count). The van der Waals surface area contributed by atoms with E-state index in [1.54, 1.807) is 0 Å². The molecule has 1 N–H and O–H groups in total. The van der Waals surface area contributed by atoms with Gasteiger partial charge in [-0.2, -0.15) is 0 Å². The van der Waals surface area contributed by atoms with E-state index in [0.717, 1.165) is 70.7 Å². The maximum absolute atomic E-state index is 12.2. The molecule has 0 unspecified atom stereocenters. The van der Waals surface area contributed by atoms with Crippen LogP contribution in [0.5, 0.6) is 0 Å². The number of thiophene rings is 1. The maximum atomic E-state index is 12.2. The van der Waals surface area contributed by atoms with Crippen molar-refractivity contribution < 1.29 is 34.4 Å². The summed E-state index contributed by atoms with van der Waals surface area (Å²) in [6, 6.07) is 21.0. The Morgan fingerprint density at radius 1 is 0.906 bits per heavy atom. The summed E-state index contributed by atoms with van der Waals surface area (Å²) in [5.74, 6) is 0.905. The minimum Gasteiger partial charge on any atom is -0.512 e. The van der Waals surface area contributed by atoms with Gasteiger partial charge >= 0.3 is 0 Å². The van der Waals surface area contributed by atoms with Crippen molar-refractivity contribution in [3.8, 4) is 11.3 Å². The molecule has 0 aliphatic carbocycles. The van der Waals surface area contributed by atoms with Crippen LogP contribution in [0.1, 0.15) is 118 Å². The smallest absolute Gasteiger partial charge is 0.164 e. The molecular formula is C47H58IrNO3S-.